The number of aliphatic hydroxyl groups is 1. The lowest BCUT2D eigenvalue weighted by Gasteiger charge is -2.36. The molecule has 0 rings (SSSR count). The van der Waals surface area contributed by atoms with E-state index in [1.54, 1.807) is 0 Å². The third-order valence-electron chi connectivity index (χ3n) is 3.53. The van der Waals surface area contributed by atoms with Gasteiger partial charge >= 0.3 is 0 Å². The lowest BCUT2D eigenvalue weighted by atomic mass is 10.1. The summed E-state index contributed by atoms with van der Waals surface area (Å²) < 4.78 is 6.05. The lowest BCUT2D eigenvalue weighted by Crippen LogP contribution is -2.41. The van der Waals surface area contributed by atoms with Crippen LogP contribution in [-0.4, -0.2) is 26.1 Å². The van der Waals surface area contributed by atoms with Crippen LogP contribution in [0, 0.1) is 0 Å². The summed E-state index contributed by atoms with van der Waals surface area (Å²) in [5, 5.41) is 9.97. The van der Waals surface area contributed by atoms with E-state index in [1.165, 1.54) is 0 Å². The molecule has 0 aliphatic heterocycles. The molecule has 0 unspecified atom stereocenters. The number of rotatable bonds is 7. The molecule has 1 N–H and O–H groups in total. The summed E-state index contributed by atoms with van der Waals surface area (Å²) in [6, 6.07) is 0. The van der Waals surface area contributed by atoms with Crippen LogP contribution < -0.4 is 0 Å². The molecule has 0 bridgehead atoms. The van der Waals surface area contributed by atoms with Crippen molar-refractivity contribution in [3.05, 3.63) is 12.2 Å². The molecule has 0 aromatic carbocycles. The summed E-state index contributed by atoms with van der Waals surface area (Å²) in [5.74, 6) is 0. The maximum atomic E-state index is 9.70. The van der Waals surface area contributed by atoms with Crippen molar-refractivity contribution < 1.29 is 9.53 Å². The maximum Gasteiger partial charge on any atom is 0.191 e. The number of aliphatic hydroxyl groups excluding tert-OH is 1. The average Bonchev–Trinajstić information content (AvgIpc) is 2.09. The predicted octanol–water partition coefficient (Wildman–Crippen LogP) is 4.12. The quantitative estimate of drug-likeness (QED) is 0.423. The van der Waals surface area contributed by atoms with Gasteiger partial charge in [-0.15, -0.1) is 6.58 Å². The first kappa shape index (κ1) is 16.9. The van der Waals surface area contributed by atoms with E-state index in [0.717, 1.165) is 25.0 Å². The minimum atomic E-state index is -1.61. The number of hydrogen-bond donors (Lipinski definition) is 1. The summed E-state index contributed by atoms with van der Waals surface area (Å²) in [4.78, 5) is 0. The predicted molar refractivity (Wildman–Crippen MR) is 77.8 cm³/mol. The van der Waals surface area contributed by atoms with Gasteiger partial charge in [-0.3, -0.25) is 0 Å². The normalized spacial score (nSPS) is 14.8. The molecule has 0 aromatic heterocycles. The van der Waals surface area contributed by atoms with E-state index in [1.807, 2.05) is 6.92 Å². The van der Waals surface area contributed by atoms with Crippen molar-refractivity contribution in [2.24, 2.45) is 0 Å². The van der Waals surface area contributed by atoms with Crippen LogP contribution in [0.15, 0.2) is 12.2 Å². The molecular weight excluding hydrogens is 228 g/mol. The van der Waals surface area contributed by atoms with Crippen LogP contribution in [0.1, 0.15) is 47.0 Å². The molecule has 0 aliphatic rings. The van der Waals surface area contributed by atoms with Crippen molar-refractivity contribution >= 4 is 8.32 Å². The highest BCUT2D eigenvalue weighted by atomic mass is 28.4. The fraction of sp³-hybridized carbons (Fsp3) is 0.857. The molecule has 0 fully saturated rings. The highest BCUT2D eigenvalue weighted by Gasteiger charge is 2.36. The second-order valence-corrected chi connectivity index (χ2v) is 11.4. The first-order valence-corrected chi connectivity index (χ1v) is 9.43. The Bertz CT molecular complexity index is 241. The summed E-state index contributed by atoms with van der Waals surface area (Å²) in [5.41, 5.74) is 1.04. The molecule has 0 saturated heterocycles. The van der Waals surface area contributed by atoms with E-state index in [-0.39, 0.29) is 11.1 Å². The number of hydrogen-bond acceptors (Lipinski definition) is 2. The second kappa shape index (κ2) is 6.71. The Balaban J connectivity index is 3.82. The molecule has 2 nitrogen and oxygen atoms in total. The lowest BCUT2D eigenvalue weighted by molar-refractivity contribution is 0.151. The Morgan fingerprint density at radius 3 is 2.29 bits per heavy atom. The van der Waals surface area contributed by atoms with Crippen LogP contribution in [0.2, 0.25) is 18.1 Å². The average molecular weight is 258 g/mol. The van der Waals surface area contributed by atoms with E-state index >= 15 is 0 Å². The first-order chi connectivity index (χ1) is 7.56. The van der Waals surface area contributed by atoms with Crippen LogP contribution in [0.4, 0.5) is 0 Å². The third-order valence-corrected chi connectivity index (χ3v) is 8.07. The Labute approximate surface area is 108 Å². The maximum absolute atomic E-state index is 9.70. The zero-order valence-electron chi connectivity index (χ0n) is 12.5. The van der Waals surface area contributed by atoms with Crippen molar-refractivity contribution in [3.8, 4) is 0 Å². The van der Waals surface area contributed by atoms with Crippen molar-refractivity contribution in [1.29, 1.82) is 0 Å². The van der Waals surface area contributed by atoms with Gasteiger partial charge in [0.25, 0.3) is 0 Å². The van der Waals surface area contributed by atoms with Gasteiger partial charge in [-0.25, -0.2) is 0 Å². The zero-order chi connectivity index (χ0) is 13.7. The van der Waals surface area contributed by atoms with E-state index in [4.69, 9.17) is 4.43 Å². The van der Waals surface area contributed by atoms with E-state index < -0.39 is 8.32 Å². The zero-order valence-corrected chi connectivity index (χ0v) is 13.5. The van der Waals surface area contributed by atoms with E-state index in [2.05, 4.69) is 40.4 Å². The first-order valence-electron chi connectivity index (χ1n) is 6.52. The molecule has 0 amide bonds. The summed E-state index contributed by atoms with van der Waals surface area (Å²) in [6.45, 7) is 17.8. The summed E-state index contributed by atoms with van der Waals surface area (Å²) >= 11 is 0. The van der Waals surface area contributed by atoms with Crippen LogP contribution in [0.3, 0.4) is 0 Å². The van der Waals surface area contributed by atoms with Crippen LogP contribution in [-0.2, 0) is 4.43 Å². The minimum Gasteiger partial charge on any atom is -0.417 e. The Morgan fingerprint density at radius 2 is 1.88 bits per heavy atom. The molecular formula is C14H30O2Si. The van der Waals surface area contributed by atoms with Crippen molar-refractivity contribution in [3.63, 3.8) is 0 Å². The Kier molecular flexibility index (Phi) is 6.67. The summed E-state index contributed by atoms with van der Waals surface area (Å²) in [6.07, 6.45) is 2.19. The van der Waals surface area contributed by atoms with Gasteiger partial charge in [0.15, 0.2) is 8.32 Å². The molecule has 3 heteroatoms. The van der Waals surface area contributed by atoms with Crippen LogP contribution >= 0.6 is 0 Å². The van der Waals surface area contributed by atoms with E-state index in [9.17, 15) is 5.11 Å². The Morgan fingerprint density at radius 1 is 1.35 bits per heavy atom. The minimum absolute atomic E-state index is 0.254. The monoisotopic (exact) mass is 258 g/mol. The SMILES string of the molecule is C=C(C)C[C@H](O)CCCO[Si](C)(C)C(C)(C)C. The molecule has 102 valence electrons. The fourth-order valence-corrected chi connectivity index (χ4v) is 2.45. The van der Waals surface area contributed by atoms with E-state index in [0.29, 0.717) is 6.42 Å². The molecule has 0 heterocycles. The molecule has 0 aromatic rings. The van der Waals surface area contributed by atoms with Crippen molar-refractivity contribution in [2.45, 2.75) is 71.2 Å². The van der Waals surface area contributed by atoms with Gasteiger partial charge in [0.2, 0.25) is 0 Å². The second-order valence-electron chi connectivity index (χ2n) is 6.57. The highest BCUT2D eigenvalue weighted by Crippen LogP contribution is 2.36. The van der Waals surface area contributed by atoms with Crippen LogP contribution in [0.25, 0.3) is 0 Å². The van der Waals surface area contributed by atoms with Gasteiger partial charge in [-0.1, -0.05) is 26.3 Å². The largest absolute Gasteiger partial charge is 0.417 e. The smallest absolute Gasteiger partial charge is 0.191 e. The molecule has 0 spiro atoms. The molecule has 0 aliphatic carbocycles. The van der Waals surface area contributed by atoms with Gasteiger partial charge in [-0.05, 0) is 44.3 Å². The topological polar surface area (TPSA) is 29.5 Å². The standard InChI is InChI=1S/C14H30O2Si/c1-12(2)11-13(15)9-8-10-16-17(6,7)14(3,4)5/h13,15H,1,8-11H2,2-7H3/t13-/m1/s1. The van der Waals surface area contributed by atoms with Crippen LogP contribution in [0.5, 0.6) is 0 Å². The highest BCUT2D eigenvalue weighted by molar-refractivity contribution is 6.74. The van der Waals surface area contributed by atoms with Crippen molar-refractivity contribution in [1.82, 2.24) is 0 Å². The van der Waals surface area contributed by atoms with Gasteiger partial charge in [0.05, 0.1) is 6.10 Å². The van der Waals surface area contributed by atoms with Gasteiger partial charge in [0.1, 0.15) is 0 Å². The molecule has 0 saturated carbocycles. The fourth-order valence-electron chi connectivity index (χ4n) is 1.37. The summed E-state index contributed by atoms with van der Waals surface area (Å²) in [7, 11) is -1.61. The van der Waals surface area contributed by atoms with Crippen molar-refractivity contribution in [2.75, 3.05) is 6.61 Å². The molecule has 17 heavy (non-hydrogen) atoms. The van der Waals surface area contributed by atoms with Gasteiger partial charge < -0.3 is 9.53 Å². The Hall–Kier alpha value is -0.123. The van der Waals surface area contributed by atoms with Gasteiger partial charge in [0, 0.05) is 6.61 Å². The molecule has 1 atom stereocenters. The van der Waals surface area contributed by atoms with Gasteiger partial charge in [-0.2, -0.15) is 0 Å². The third kappa shape index (κ3) is 7.01. The molecule has 0 radical (unpaired) electrons.